The normalized spacial score (nSPS) is 14.6. The molecule has 0 N–H and O–H groups in total. The maximum Gasteiger partial charge on any atom is 0.416 e. The molecule has 0 aliphatic heterocycles. The quantitative estimate of drug-likeness (QED) is 0.665. The van der Waals surface area contributed by atoms with Crippen LogP contribution in [0.25, 0.3) is 6.08 Å². The lowest BCUT2D eigenvalue weighted by Gasteiger charge is -2.17. The van der Waals surface area contributed by atoms with Crippen molar-refractivity contribution in [2.45, 2.75) is 32.4 Å². The molecule has 0 radical (unpaired) electrons. The summed E-state index contributed by atoms with van der Waals surface area (Å²) in [5.74, 6) is -0.115. The predicted octanol–water partition coefficient (Wildman–Crippen LogP) is 4.40. The van der Waals surface area contributed by atoms with Crippen molar-refractivity contribution >= 4 is 6.08 Å². The lowest BCUT2D eigenvalue weighted by atomic mass is 9.92. The first-order valence-corrected chi connectivity index (χ1v) is 5.30. The van der Waals surface area contributed by atoms with Gasteiger partial charge in [-0.2, -0.15) is 13.2 Å². The number of rotatable bonds is 1. The molecule has 2 rings (SSSR count). The van der Waals surface area contributed by atoms with Gasteiger partial charge in [0.05, 0.1) is 5.56 Å². The van der Waals surface area contributed by atoms with Gasteiger partial charge in [0, 0.05) is 0 Å². The highest BCUT2D eigenvalue weighted by Gasteiger charge is 2.34. The summed E-state index contributed by atoms with van der Waals surface area (Å²) in [7, 11) is 0. The fourth-order valence-electron chi connectivity index (χ4n) is 2.05. The maximum absolute atomic E-state index is 12.9. The average Bonchev–Trinajstić information content (AvgIpc) is 2.60. The first-order chi connectivity index (χ1) is 7.39. The van der Waals surface area contributed by atoms with Crippen molar-refractivity contribution in [1.82, 2.24) is 0 Å². The van der Waals surface area contributed by atoms with Gasteiger partial charge in [-0.25, -0.2) is 0 Å². The summed E-state index contributed by atoms with van der Waals surface area (Å²) in [4.78, 5) is 0. The Morgan fingerprint density at radius 3 is 2.44 bits per heavy atom. The van der Waals surface area contributed by atoms with Crippen LogP contribution in [0.15, 0.2) is 18.2 Å². The summed E-state index contributed by atoms with van der Waals surface area (Å²) in [5, 5.41) is 0. The third kappa shape index (κ3) is 1.86. The molecular weight excluding hydrogens is 213 g/mol. The molecule has 0 spiro atoms. The van der Waals surface area contributed by atoms with Gasteiger partial charge in [0.1, 0.15) is 0 Å². The van der Waals surface area contributed by atoms with E-state index in [1.807, 2.05) is 12.2 Å². The molecule has 0 atom stereocenters. The molecule has 3 heteroatoms. The summed E-state index contributed by atoms with van der Waals surface area (Å²) >= 11 is 0. The summed E-state index contributed by atoms with van der Waals surface area (Å²) in [6.07, 6.45) is 0.143. The highest BCUT2D eigenvalue weighted by molar-refractivity contribution is 5.62. The van der Waals surface area contributed by atoms with E-state index in [9.17, 15) is 13.2 Å². The molecule has 0 heterocycles. The SMILES string of the molecule is CC(C)c1cc2c(cc1C(F)(F)F)CC=C2. The Kier molecular flexibility index (Phi) is 2.56. The number of hydrogen-bond acceptors (Lipinski definition) is 0. The van der Waals surface area contributed by atoms with Crippen LogP contribution in [0.1, 0.15) is 42.0 Å². The Morgan fingerprint density at radius 1 is 1.19 bits per heavy atom. The van der Waals surface area contributed by atoms with E-state index in [2.05, 4.69) is 0 Å². The summed E-state index contributed by atoms with van der Waals surface area (Å²) < 4.78 is 38.6. The molecule has 0 bridgehead atoms. The van der Waals surface area contributed by atoms with Crippen LogP contribution in [0, 0.1) is 0 Å². The van der Waals surface area contributed by atoms with Crippen molar-refractivity contribution in [2.75, 3.05) is 0 Å². The molecule has 1 aromatic carbocycles. The van der Waals surface area contributed by atoms with E-state index in [1.165, 1.54) is 6.07 Å². The van der Waals surface area contributed by atoms with E-state index >= 15 is 0 Å². The second-order valence-corrected chi connectivity index (χ2v) is 4.40. The van der Waals surface area contributed by atoms with Crippen LogP contribution < -0.4 is 0 Å². The molecular formula is C13H13F3. The van der Waals surface area contributed by atoms with Gasteiger partial charge in [0.15, 0.2) is 0 Å². The molecule has 0 saturated heterocycles. The molecule has 1 aliphatic rings. The lowest BCUT2D eigenvalue weighted by Crippen LogP contribution is -2.11. The van der Waals surface area contributed by atoms with Gasteiger partial charge < -0.3 is 0 Å². The Bertz CT molecular complexity index is 439. The van der Waals surface area contributed by atoms with E-state index in [1.54, 1.807) is 19.9 Å². The van der Waals surface area contributed by atoms with Crippen LogP contribution in [-0.2, 0) is 12.6 Å². The molecule has 0 unspecified atom stereocenters. The highest BCUT2D eigenvalue weighted by Crippen LogP contribution is 2.38. The third-order valence-electron chi connectivity index (χ3n) is 2.87. The largest absolute Gasteiger partial charge is 0.416 e. The van der Waals surface area contributed by atoms with E-state index in [0.29, 0.717) is 12.0 Å². The first-order valence-electron chi connectivity index (χ1n) is 5.30. The van der Waals surface area contributed by atoms with Crippen LogP contribution >= 0.6 is 0 Å². The second-order valence-electron chi connectivity index (χ2n) is 4.40. The monoisotopic (exact) mass is 226 g/mol. The van der Waals surface area contributed by atoms with Gasteiger partial charge in [-0.3, -0.25) is 0 Å². The molecule has 0 nitrogen and oxygen atoms in total. The Hall–Kier alpha value is -1.25. The van der Waals surface area contributed by atoms with Crippen molar-refractivity contribution in [3.05, 3.63) is 40.5 Å². The smallest absolute Gasteiger partial charge is 0.166 e. The van der Waals surface area contributed by atoms with Crippen LogP contribution in [0.3, 0.4) is 0 Å². The van der Waals surface area contributed by atoms with Gasteiger partial charge in [-0.15, -0.1) is 0 Å². The predicted molar refractivity (Wildman–Crippen MR) is 58.3 cm³/mol. The highest BCUT2D eigenvalue weighted by atomic mass is 19.4. The molecule has 0 fully saturated rings. The molecule has 1 aliphatic carbocycles. The number of alkyl halides is 3. The minimum absolute atomic E-state index is 0.115. The van der Waals surface area contributed by atoms with Crippen LogP contribution in [0.4, 0.5) is 13.2 Å². The van der Waals surface area contributed by atoms with Crippen molar-refractivity contribution in [3.8, 4) is 0 Å². The van der Waals surface area contributed by atoms with Crippen LogP contribution in [0.2, 0.25) is 0 Å². The minimum Gasteiger partial charge on any atom is -0.166 e. The number of halogens is 3. The molecule has 0 aromatic heterocycles. The standard InChI is InChI=1S/C13H13F3/c1-8(2)11-6-9-4-3-5-10(9)7-12(11)13(14,15)16/h3-4,6-8H,5H2,1-2H3. The van der Waals surface area contributed by atoms with Crippen molar-refractivity contribution in [1.29, 1.82) is 0 Å². The van der Waals surface area contributed by atoms with Crippen molar-refractivity contribution in [2.24, 2.45) is 0 Å². The topological polar surface area (TPSA) is 0 Å². The van der Waals surface area contributed by atoms with Gasteiger partial charge in [0.25, 0.3) is 0 Å². The molecule has 0 amide bonds. The lowest BCUT2D eigenvalue weighted by molar-refractivity contribution is -0.138. The maximum atomic E-state index is 12.9. The van der Waals surface area contributed by atoms with E-state index in [4.69, 9.17) is 0 Å². The summed E-state index contributed by atoms with van der Waals surface area (Å²) in [6.45, 7) is 3.57. The van der Waals surface area contributed by atoms with Gasteiger partial charge in [-0.05, 0) is 35.1 Å². The number of fused-ring (bicyclic) bond motifs is 1. The van der Waals surface area contributed by atoms with Crippen molar-refractivity contribution < 1.29 is 13.2 Å². The number of allylic oxidation sites excluding steroid dienone is 1. The average molecular weight is 226 g/mol. The zero-order valence-electron chi connectivity index (χ0n) is 9.23. The number of benzene rings is 1. The van der Waals surface area contributed by atoms with E-state index in [-0.39, 0.29) is 5.92 Å². The van der Waals surface area contributed by atoms with Gasteiger partial charge in [-0.1, -0.05) is 32.1 Å². The Morgan fingerprint density at radius 2 is 1.88 bits per heavy atom. The second kappa shape index (κ2) is 3.65. The van der Waals surface area contributed by atoms with Crippen LogP contribution in [0.5, 0.6) is 0 Å². The number of hydrogen-bond donors (Lipinski definition) is 0. The third-order valence-corrected chi connectivity index (χ3v) is 2.87. The molecule has 86 valence electrons. The minimum atomic E-state index is -4.25. The van der Waals surface area contributed by atoms with Crippen LogP contribution in [-0.4, -0.2) is 0 Å². The van der Waals surface area contributed by atoms with E-state index < -0.39 is 11.7 Å². The Balaban J connectivity index is 2.60. The molecule has 1 aromatic rings. The van der Waals surface area contributed by atoms with Gasteiger partial charge in [0.2, 0.25) is 0 Å². The van der Waals surface area contributed by atoms with Crippen molar-refractivity contribution in [3.63, 3.8) is 0 Å². The van der Waals surface area contributed by atoms with Gasteiger partial charge >= 0.3 is 6.18 Å². The fraction of sp³-hybridized carbons (Fsp3) is 0.385. The van der Waals surface area contributed by atoms with E-state index in [0.717, 1.165) is 11.1 Å². The zero-order valence-corrected chi connectivity index (χ0v) is 9.23. The molecule has 0 saturated carbocycles. The molecule has 16 heavy (non-hydrogen) atoms. The summed E-state index contributed by atoms with van der Waals surface area (Å²) in [6, 6.07) is 2.97. The first kappa shape index (κ1) is 11.2. The summed E-state index contributed by atoms with van der Waals surface area (Å²) in [5.41, 5.74) is 1.61. The fourth-order valence-corrected chi connectivity index (χ4v) is 2.05. The Labute approximate surface area is 92.8 Å². The zero-order chi connectivity index (χ0) is 11.9.